The lowest BCUT2D eigenvalue weighted by Crippen LogP contribution is -2.54. The molecular weight excluding hydrogens is 309 g/mol. The number of likely N-dealkylation sites (N-methyl/N-ethyl adjacent to an activating group) is 1. The Morgan fingerprint density at radius 2 is 2.00 bits per heavy atom. The predicted molar refractivity (Wildman–Crippen MR) is 86.9 cm³/mol. The SMILES string of the molecule is CC1CNCCN1C(C(=O)N(C)C)c1c(Cl)cccc1Cl. The first-order chi connectivity index (χ1) is 9.93. The molecule has 0 aromatic heterocycles. The molecule has 0 saturated carbocycles. The Labute approximate surface area is 136 Å². The molecule has 0 aliphatic carbocycles. The average Bonchev–Trinajstić information content (AvgIpc) is 2.43. The number of hydrogen-bond donors (Lipinski definition) is 1. The second-order valence-electron chi connectivity index (χ2n) is 5.56. The van der Waals surface area contributed by atoms with Crippen molar-refractivity contribution in [3.63, 3.8) is 0 Å². The monoisotopic (exact) mass is 329 g/mol. The lowest BCUT2D eigenvalue weighted by molar-refractivity contribution is -0.136. The van der Waals surface area contributed by atoms with Gasteiger partial charge in [-0.2, -0.15) is 0 Å². The minimum Gasteiger partial charge on any atom is -0.347 e. The Kier molecular flexibility index (Phi) is 5.49. The van der Waals surface area contributed by atoms with Gasteiger partial charge in [0.15, 0.2) is 0 Å². The Bertz CT molecular complexity index is 501. The van der Waals surface area contributed by atoms with E-state index in [-0.39, 0.29) is 11.9 Å². The molecule has 1 amide bonds. The molecule has 4 nitrogen and oxygen atoms in total. The van der Waals surface area contributed by atoms with E-state index < -0.39 is 6.04 Å². The highest BCUT2D eigenvalue weighted by Crippen LogP contribution is 2.35. The van der Waals surface area contributed by atoms with E-state index in [0.29, 0.717) is 15.6 Å². The van der Waals surface area contributed by atoms with Gasteiger partial charge in [0.1, 0.15) is 6.04 Å². The standard InChI is InChI=1S/C15H21Cl2N3O/c1-10-9-18-7-8-20(10)14(15(21)19(2)3)13-11(16)5-4-6-12(13)17/h4-6,10,14,18H,7-9H2,1-3H3. The summed E-state index contributed by atoms with van der Waals surface area (Å²) in [7, 11) is 3.51. The molecule has 1 saturated heterocycles. The van der Waals surface area contributed by atoms with Crippen LogP contribution >= 0.6 is 23.2 Å². The number of nitrogens with zero attached hydrogens (tertiary/aromatic N) is 2. The Morgan fingerprint density at radius 1 is 1.38 bits per heavy atom. The van der Waals surface area contributed by atoms with Crippen LogP contribution < -0.4 is 5.32 Å². The van der Waals surface area contributed by atoms with Crippen molar-refractivity contribution in [2.24, 2.45) is 0 Å². The maximum atomic E-state index is 12.7. The first-order valence-corrected chi connectivity index (χ1v) is 7.80. The Balaban J connectivity index is 2.48. The maximum Gasteiger partial charge on any atom is 0.244 e. The average molecular weight is 330 g/mol. The van der Waals surface area contributed by atoms with Gasteiger partial charge in [-0.1, -0.05) is 29.3 Å². The zero-order valence-electron chi connectivity index (χ0n) is 12.6. The molecule has 1 aliphatic rings. The molecule has 1 fully saturated rings. The van der Waals surface area contributed by atoms with Crippen molar-refractivity contribution < 1.29 is 4.79 Å². The van der Waals surface area contributed by atoms with Crippen molar-refractivity contribution in [2.45, 2.75) is 19.0 Å². The van der Waals surface area contributed by atoms with E-state index in [0.717, 1.165) is 19.6 Å². The summed E-state index contributed by atoms with van der Waals surface area (Å²) in [6.45, 7) is 4.59. The van der Waals surface area contributed by atoms with Crippen LogP contribution in [0.1, 0.15) is 18.5 Å². The van der Waals surface area contributed by atoms with Crippen LogP contribution in [0, 0.1) is 0 Å². The number of benzene rings is 1. The number of hydrogen-bond acceptors (Lipinski definition) is 3. The first kappa shape index (κ1) is 16.6. The topological polar surface area (TPSA) is 35.6 Å². The molecule has 116 valence electrons. The van der Waals surface area contributed by atoms with E-state index in [1.165, 1.54) is 0 Å². The van der Waals surface area contributed by atoms with Crippen molar-refractivity contribution >= 4 is 29.1 Å². The molecule has 1 aromatic rings. The quantitative estimate of drug-likeness (QED) is 0.925. The van der Waals surface area contributed by atoms with E-state index in [9.17, 15) is 4.79 Å². The number of carbonyl (C=O) groups excluding carboxylic acids is 1. The molecule has 1 aromatic carbocycles. The molecule has 2 atom stereocenters. The van der Waals surface area contributed by atoms with Crippen molar-refractivity contribution in [3.8, 4) is 0 Å². The zero-order chi connectivity index (χ0) is 15.6. The molecule has 6 heteroatoms. The van der Waals surface area contributed by atoms with Crippen molar-refractivity contribution in [3.05, 3.63) is 33.8 Å². The highest BCUT2D eigenvalue weighted by molar-refractivity contribution is 6.36. The van der Waals surface area contributed by atoms with E-state index in [1.54, 1.807) is 37.2 Å². The van der Waals surface area contributed by atoms with Gasteiger partial charge in [0, 0.05) is 55.4 Å². The minimum atomic E-state index is -0.446. The molecule has 1 N–H and O–H groups in total. The van der Waals surface area contributed by atoms with Gasteiger partial charge in [-0.3, -0.25) is 9.69 Å². The van der Waals surface area contributed by atoms with Crippen LogP contribution in [0.15, 0.2) is 18.2 Å². The van der Waals surface area contributed by atoms with E-state index >= 15 is 0 Å². The van der Waals surface area contributed by atoms with Gasteiger partial charge < -0.3 is 10.2 Å². The Hall–Kier alpha value is -0.810. The number of nitrogens with one attached hydrogen (secondary N) is 1. The van der Waals surface area contributed by atoms with Gasteiger partial charge >= 0.3 is 0 Å². The highest BCUT2D eigenvalue weighted by atomic mass is 35.5. The summed E-state index contributed by atoms with van der Waals surface area (Å²) in [6, 6.07) is 5.15. The lowest BCUT2D eigenvalue weighted by atomic mass is 10.0. The third-order valence-electron chi connectivity index (χ3n) is 3.83. The van der Waals surface area contributed by atoms with Gasteiger partial charge in [0.2, 0.25) is 5.91 Å². The first-order valence-electron chi connectivity index (χ1n) is 7.05. The lowest BCUT2D eigenvalue weighted by Gasteiger charge is -2.40. The van der Waals surface area contributed by atoms with E-state index in [1.807, 2.05) is 0 Å². The van der Waals surface area contributed by atoms with Crippen LogP contribution in [0.3, 0.4) is 0 Å². The molecule has 0 spiro atoms. The third-order valence-corrected chi connectivity index (χ3v) is 4.49. The molecule has 2 rings (SSSR count). The molecule has 2 unspecified atom stereocenters. The molecule has 1 heterocycles. The van der Waals surface area contributed by atoms with Gasteiger partial charge in [-0.25, -0.2) is 0 Å². The van der Waals surface area contributed by atoms with Crippen molar-refractivity contribution in [2.75, 3.05) is 33.7 Å². The maximum absolute atomic E-state index is 12.7. The van der Waals surface area contributed by atoms with Gasteiger partial charge in [-0.15, -0.1) is 0 Å². The number of halogens is 2. The number of piperazine rings is 1. The highest BCUT2D eigenvalue weighted by Gasteiger charge is 2.35. The summed E-state index contributed by atoms with van der Waals surface area (Å²) in [5.41, 5.74) is 0.702. The minimum absolute atomic E-state index is 0.00116. The number of rotatable bonds is 3. The third kappa shape index (κ3) is 3.51. The molecule has 21 heavy (non-hydrogen) atoms. The summed E-state index contributed by atoms with van der Waals surface area (Å²) < 4.78 is 0. The smallest absolute Gasteiger partial charge is 0.244 e. The van der Waals surface area contributed by atoms with Crippen molar-refractivity contribution in [1.82, 2.24) is 15.1 Å². The molecule has 0 radical (unpaired) electrons. The predicted octanol–water partition coefficient (Wildman–Crippen LogP) is 2.42. The van der Waals surface area contributed by atoms with Crippen molar-refractivity contribution in [1.29, 1.82) is 0 Å². The van der Waals surface area contributed by atoms with Gasteiger partial charge in [0.05, 0.1) is 0 Å². The van der Waals surface area contributed by atoms with E-state index in [4.69, 9.17) is 23.2 Å². The van der Waals surface area contributed by atoms with Gasteiger partial charge in [0.25, 0.3) is 0 Å². The van der Waals surface area contributed by atoms with Crippen LogP contribution in [0.4, 0.5) is 0 Å². The fourth-order valence-electron chi connectivity index (χ4n) is 2.69. The van der Waals surface area contributed by atoms with Crippen LogP contribution in [0.2, 0.25) is 10.0 Å². The molecule has 1 aliphatic heterocycles. The fourth-order valence-corrected chi connectivity index (χ4v) is 3.29. The van der Waals surface area contributed by atoms with Crippen LogP contribution in [-0.4, -0.2) is 55.5 Å². The normalized spacial score (nSPS) is 21.1. The van der Waals surface area contributed by atoms with Crippen LogP contribution in [-0.2, 0) is 4.79 Å². The summed E-state index contributed by atoms with van der Waals surface area (Å²) in [6.07, 6.45) is 0. The van der Waals surface area contributed by atoms with E-state index in [2.05, 4.69) is 17.1 Å². The van der Waals surface area contributed by atoms with Gasteiger partial charge in [-0.05, 0) is 19.1 Å². The van der Waals surface area contributed by atoms with Crippen LogP contribution in [0.25, 0.3) is 0 Å². The summed E-state index contributed by atoms with van der Waals surface area (Å²) in [4.78, 5) is 16.5. The van der Waals surface area contributed by atoms with Crippen LogP contribution in [0.5, 0.6) is 0 Å². The zero-order valence-corrected chi connectivity index (χ0v) is 14.1. The summed E-state index contributed by atoms with van der Waals surface area (Å²) in [5, 5.41) is 4.41. The second-order valence-corrected chi connectivity index (χ2v) is 6.38. The molecule has 0 bridgehead atoms. The fraction of sp³-hybridized carbons (Fsp3) is 0.533. The summed E-state index contributed by atoms with van der Waals surface area (Å²) >= 11 is 12.7. The Morgan fingerprint density at radius 3 is 2.52 bits per heavy atom. The second kappa shape index (κ2) is 6.97. The number of amides is 1. The molecular formula is C15H21Cl2N3O. The number of carbonyl (C=O) groups is 1. The largest absolute Gasteiger partial charge is 0.347 e. The summed E-state index contributed by atoms with van der Waals surface area (Å²) in [5.74, 6) is -0.00116.